The van der Waals surface area contributed by atoms with Crippen LogP contribution >= 0.6 is 23.2 Å². The van der Waals surface area contributed by atoms with Crippen LogP contribution in [0.4, 0.5) is 32.2 Å². The molecular weight excluding hydrogens is 419 g/mol. The summed E-state index contributed by atoms with van der Waals surface area (Å²) in [6.45, 7) is 0. The molecule has 0 fully saturated rings. The minimum absolute atomic E-state index is 0.286. The van der Waals surface area contributed by atoms with E-state index in [2.05, 4.69) is 10.4 Å². The van der Waals surface area contributed by atoms with Gasteiger partial charge in [0.05, 0.1) is 21.8 Å². The first-order chi connectivity index (χ1) is 11.4. The molecule has 0 aliphatic rings. The van der Waals surface area contributed by atoms with Crippen LogP contribution in [-0.2, 0) is 17.0 Å². The number of benzene rings is 1. The summed E-state index contributed by atoms with van der Waals surface area (Å²) in [6, 6.07) is 1.12. The molecule has 0 spiro atoms. The minimum Gasteiger partial charge on any atom is -0.372 e. The summed E-state index contributed by atoms with van der Waals surface area (Å²) in [6.07, 6.45) is -4.05. The van der Waals surface area contributed by atoms with Gasteiger partial charge in [-0.3, -0.25) is 0 Å². The van der Waals surface area contributed by atoms with Crippen molar-refractivity contribution >= 4 is 39.8 Å². The maximum atomic E-state index is 12.8. The molecule has 0 saturated carbocycles. The molecule has 1 N–H and O–H groups in total. The highest BCUT2D eigenvalue weighted by Crippen LogP contribution is 2.39. The number of nitrogens with zero attached hydrogens (tertiary/aromatic N) is 2. The molecule has 1 aromatic heterocycles. The van der Waals surface area contributed by atoms with E-state index >= 15 is 0 Å². The normalized spacial score (nSPS) is 13.8. The third kappa shape index (κ3) is 3.87. The molecule has 0 bridgehead atoms. The van der Waals surface area contributed by atoms with Crippen molar-refractivity contribution in [3.63, 3.8) is 0 Å². The molecule has 2 rings (SSSR count). The van der Waals surface area contributed by atoms with Crippen molar-refractivity contribution in [1.29, 1.82) is 0 Å². The fourth-order valence-corrected chi connectivity index (χ4v) is 3.33. The Hall–Kier alpha value is -1.46. The SMILES string of the molecule is CNc1c(S(=O)C(F)(F)F)cnn1-c1c(Cl)cc(C(F)(F)F)cc1Cl. The van der Waals surface area contributed by atoms with E-state index in [9.17, 15) is 30.6 Å². The number of aromatic nitrogens is 2. The smallest absolute Gasteiger partial charge is 0.372 e. The summed E-state index contributed by atoms with van der Waals surface area (Å²) in [5.74, 6) is -0.376. The topological polar surface area (TPSA) is 46.9 Å². The lowest BCUT2D eigenvalue weighted by molar-refractivity contribution is -0.137. The van der Waals surface area contributed by atoms with Crippen LogP contribution in [0.5, 0.6) is 0 Å². The zero-order valence-electron chi connectivity index (χ0n) is 12.0. The lowest BCUT2D eigenvalue weighted by Gasteiger charge is -2.15. The third-order valence-electron chi connectivity index (χ3n) is 2.94. The van der Waals surface area contributed by atoms with E-state index in [0.717, 1.165) is 4.68 Å². The van der Waals surface area contributed by atoms with Crippen LogP contribution in [0, 0.1) is 0 Å². The van der Waals surface area contributed by atoms with Crippen molar-refractivity contribution in [3.8, 4) is 5.69 Å². The predicted molar refractivity (Wildman–Crippen MR) is 80.6 cm³/mol. The third-order valence-corrected chi connectivity index (χ3v) is 4.63. The van der Waals surface area contributed by atoms with Gasteiger partial charge >= 0.3 is 11.7 Å². The predicted octanol–water partition coefficient (Wildman–Crippen LogP) is 4.87. The summed E-state index contributed by atoms with van der Waals surface area (Å²) in [5, 5.41) is 4.99. The van der Waals surface area contributed by atoms with Crippen LogP contribution < -0.4 is 5.32 Å². The van der Waals surface area contributed by atoms with E-state index in [1.54, 1.807) is 0 Å². The summed E-state index contributed by atoms with van der Waals surface area (Å²) < 4.78 is 88.5. The van der Waals surface area contributed by atoms with Crippen LogP contribution in [-0.4, -0.2) is 26.5 Å². The quantitative estimate of drug-likeness (QED) is 0.713. The van der Waals surface area contributed by atoms with E-state index in [1.807, 2.05) is 0 Å². The number of halogens is 8. The van der Waals surface area contributed by atoms with Gasteiger partial charge in [0.25, 0.3) is 0 Å². The Morgan fingerprint density at radius 3 is 2.04 bits per heavy atom. The first kappa shape index (κ1) is 19.9. The standard InChI is InChI=1S/C12H7Cl2F6N3OS/c1-21-10-8(25(24)12(18,19)20)4-22-23(10)9-6(13)2-5(3-7(9)14)11(15,16)17/h2-4,21H,1H3. The second-order valence-corrected chi connectivity index (χ2v) is 6.77. The molecule has 0 aliphatic heterocycles. The Morgan fingerprint density at radius 1 is 1.12 bits per heavy atom. The van der Waals surface area contributed by atoms with E-state index in [0.29, 0.717) is 18.3 Å². The second kappa shape index (κ2) is 6.69. The van der Waals surface area contributed by atoms with Gasteiger partial charge in [-0.15, -0.1) is 0 Å². The van der Waals surface area contributed by atoms with E-state index in [-0.39, 0.29) is 11.5 Å². The monoisotopic (exact) mass is 425 g/mol. The van der Waals surface area contributed by atoms with E-state index in [1.165, 1.54) is 7.05 Å². The van der Waals surface area contributed by atoms with Crippen LogP contribution in [0.25, 0.3) is 5.69 Å². The van der Waals surface area contributed by atoms with Gasteiger partial charge in [-0.2, -0.15) is 31.4 Å². The fourth-order valence-electron chi connectivity index (χ4n) is 1.92. The number of hydrogen-bond acceptors (Lipinski definition) is 3. The van der Waals surface area contributed by atoms with Crippen LogP contribution in [0.2, 0.25) is 10.0 Å². The molecule has 1 heterocycles. The number of hydrogen-bond donors (Lipinski definition) is 1. The van der Waals surface area contributed by atoms with Crippen molar-refractivity contribution < 1.29 is 30.6 Å². The molecule has 1 aromatic carbocycles. The van der Waals surface area contributed by atoms with Crippen LogP contribution in [0.3, 0.4) is 0 Å². The highest BCUT2D eigenvalue weighted by Gasteiger charge is 2.41. The molecule has 25 heavy (non-hydrogen) atoms. The summed E-state index contributed by atoms with van der Waals surface area (Å²) in [7, 11) is -2.19. The van der Waals surface area contributed by atoms with Gasteiger partial charge < -0.3 is 5.32 Å². The summed E-state index contributed by atoms with van der Waals surface area (Å²) in [4.78, 5) is -0.720. The van der Waals surface area contributed by atoms with Crippen molar-refractivity contribution in [3.05, 3.63) is 33.9 Å². The summed E-state index contributed by atoms with van der Waals surface area (Å²) in [5.41, 5.74) is -6.47. The van der Waals surface area contributed by atoms with Gasteiger partial charge in [-0.1, -0.05) is 23.2 Å². The second-order valence-electron chi connectivity index (χ2n) is 4.52. The summed E-state index contributed by atoms with van der Waals surface area (Å²) >= 11 is 11.6. The highest BCUT2D eigenvalue weighted by molar-refractivity contribution is 7.86. The Labute approximate surface area is 149 Å². The van der Waals surface area contributed by atoms with Gasteiger partial charge in [0.2, 0.25) is 0 Å². The van der Waals surface area contributed by atoms with Gasteiger partial charge in [0.1, 0.15) is 16.4 Å². The molecule has 138 valence electrons. The van der Waals surface area contributed by atoms with Crippen molar-refractivity contribution in [2.45, 2.75) is 16.6 Å². The van der Waals surface area contributed by atoms with Gasteiger partial charge in [-0.05, 0) is 12.1 Å². The molecule has 2 aromatic rings. The van der Waals surface area contributed by atoms with Gasteiger partial charge in [0, 0.05) is 7.05 Å². The van der Waals surface area contributed by atoms with Crippen LogP contribution in [0.1, 0.15) is 5.56 Å². The zero-order valence-corrected chi connectivity index (χ0v) is 14.3. The van der Waals surface area contributed by atoms with E-state index in [4.69, 9.17) is 23.2 Å². The number of rotatable bonds is 3. The molecule has 0 radical (unpaired) electrons. The van der Waals surface area contributed by atoms with E-state index < -0.39 is 43.0 Å². The Balaban J connectivity index is 2.65. The largest absolute Gasteiger partial charge is 0.476 e. The number of anilines is 1. The van der Waals surface area contributed by atoms with Gasteiger partial charge in [0.15, 0.2) is 10.8 Å². The fraction of sp³-hybridized carbons (Fsp3) is 0.250. The maximum Gasteiger partial charge on any atom is 0.476 e. The Morgan fingerprint density at radius 2 is 1.64 bits per heavy atom. The van der Waals surface area contributed by atoms with Crippen molar-refractivity contribution in [1.82, 2.24) is 9.78 Å². The number of alkyl halides is 6. The van der Waals surface area contributed by atoms with Crippen molar-refractivity contribution in [2.24, 2.45) is 0 Å². The lowest BCUT2D eigenvalue weighted by atomic mass is 10.2. The number of nitrogens with one attached hydrogen (secondary N) is 1. The zero-order chi connectivity index (χ0) is 19.2. The van der Waals surface area contributed by atoms with Crippen molar-refractivity contribution in [2.75, 3.05) is 12.4 Å². The minimum atomic E-state index is -5.05. The molecule has 4 nitrogen and oxygen atoms in total. The molecular formula is C12H7Cl2F6N3OS. The molecule has 0 amide bonds. The maximum absolute atomic E-state index is 12.8. The molecule has 13 heteroatoms. The highest BCUT2D eigenvalue weighted by atomic mass is 35.5. The average molecular weight is 426 g/mol. The molecule has 1 atom stereocenters. The Bertz CT molecular complexity index is 810. The first-order valence-corrected chi connectivity index (χ1v) is 8.09. The first-order valence-electron chi connectivity index (χ1n) is 6.19. The van der Waals surface area contributed by atoms with Crippen LogP contribution in [0.15, 0.2) is 23.2 Å². The van der Waals surface area contributed by atoms with Gasteiger partial charge in [-0.25, -0.2) is 8.89 Å². The molecule has 0 aliphatic carbocycles. The Kier molecular flexibility index (Phi) is 5.31. The average Bonchev–Trinajstić information content (AvgIpc) is 2.87. The lowest BCUT2D eigenvalue weighted by Crippen LogP contribution is -2.17. The molecule has 0 saturated heterocycles. The molecule has 1 unspecified atom stereocenters.